The van der Waals surface area contributed by atoms with Gasteiger partial charge in [0.05, 0.1) is 18.8 Å². The van der Waals surface area contributed by atoms with Crippen LogP contribution in [-0.4, -0.2) is 34.9 Å². The molecule has 0 aromatic heterocycles. The summed E-state index contributed by atoms with van der Waals surface area (Å²) in [5.41, 5.74) is 0. The Bertz CT molecular complexity index is 806. The standard InChI is InChI=1S/C49H93NO3/c1-3-5-7-9-11-13-15-17-19-20-21-22-23-24-25-26-27-28-29-30-31-33-35-37-39-41-43-45-49(53)50-47(46-51)48(52)44-42-40-38-36-34-32-18-16-14-12-10-8-6-4-2/h24-25,34,36,42,44,47-48,51-52H,3-23,26-33,35,37-41,43,45-46H2,1-2H3,(H,50,53)/b25-24-,36-34+,44-42+. The quantitative estimate of drug-likeness (QED) is 0.0430. The molecule has 0 aromatic carbocycles. The number of hydrogen-bond acceptors (Lipinski definition) is 3. The van der Waals surface area contributed by atoms with Crippen LogP contribution in [0.3, 0.4) is 0 Å². The minimum Gasteiger partial charge on any atom is -0.394 e. The molecule has 0 fully saturated rings. The van der Waals surface area contributed by atoms with E-state index < -0.39 is 12.1 Å². The Morgan fingerprint density at radius 1 is 0.434 bits per heavy atom. The Morgan fingerprint density at radius 3 is 1.09 bits per heavy atom. The normalized spacial score (nSPS) is 13.2. The molecule has 312 valence electrons. The van der Waals surface area contributed by atoms with E-state index in [0.29, 0.717) is 6.42 Å². The van der Waals surface area contributed by atoms with Crippen LogP contribution in [0.1, 0.15) is 251 Å². The summed E-state index contributed by atoms with van der Waals surface area (Å²) in [6.07, 6.45) is 59.9. The fraction of sp³-hybridized carbons (Fsp3) is 0.857. The van der Waals surface area contributed by atoms with E-state index >= 15 is 0 Å². The van der Waals surface area contributed by atoms with Crippen LogP contribution < -0.4 is 5.32 Å². The summed E-state index contributed by atoms with van der Waals surface area (Å²) >= 11 is 0. The molecular weight excluding hydrogens is 651 g/mol. The molecule has 53 heavy (non-hydrogen) atoms. The SMILES string of the molecule is CCCCCCCCCC/C=C/CC/C=C/C(O)C(CO)NC(=O)CCCCCCCCCCCCC/C=C\CCCCCCCCCCCCCC. The second-order valence-corrected chi connectivity index (χ2v) is 16.2. The van der Waals surface area contributed by atoms with Gasteiger partial charge in [0.25, 0.3) is 0 Å². The predicted octanol–water partition coefficient (Wildman–Crippen LogP) is 15.0. The van der Waals surface area contributed by atoms with E-state index in [4.69, 9.17) is 0 Å². The van der Waals surface area contributed by atoms with Crippen molar-refractivity contribution in [2.24, 2.45) is 0 Å². The van der Waals surface area contributed by atoms with Gasteiger partial charge in [0.2, 0.25) is 5.91 Å². The maximum Gasteiger partial charge on any atom is 0.220 e. The van der Waals surface area contributed by atoms with Crippen LogP contribution in [-0.2, 0) is 4.79 Å². The maximum absolute atomic E-state index is 12.4. The van der Waals surface area contributed by atoms with E-state index in [1.165, 1.54) is 199 Å². The first-order chi connectivity index (χ1) is 26.2. The Morgan fingerprint density at radius 2 is 0.736 bits per heavy atom. The third kappa shape index (κ3) is 41.6. The number of allylic oxidation sites excluding steroid dienone is 5. The first-order valence-electron chi connectivity index (χ1n) is 23.7. The molecule has 0 radical (unpaired) electrons. The van der Waals surface area contributed by atoms with Gasteiger partial charge in [-0.2, -0.15) is 0 Å². The molecule has 0 heterocycles. The van der Waals surface area contributed by atoms with Crippen molar-refractivity contribution in [1.29, 1.82) is 0 Å². The minimum atomic E-state index is -0.860. The van der Waals surface area contributed by atoms with Crippen molar-refractivity contribution in [2.75, 3.05) is 6.61 Å². The van der Waals surface area contributed by atoms with Crippen LogP contribution in [0.4, 0.5) is 0 Å². The third-order valence-electron chi connectivity index (χ3n) is 10.8. The van der Waals surface area contributed by atoms with Crippen molar-refractivity contribution >= 4 is 5.91 Å². The topological polar surface area (TPSA) is 69.6 Å². The summed E-state index contributed by atoms with van der Waals surface area (Å²) in [5.74, 6) is -0.0736. The van der Waals surface area contributed by atoms with Crippen LogP contribution in [0.2, 0.25) is 0 Å². The number of aliphatic hydroxyl groups is 2. The van der Waals surface area contributed by atoms with E-state index in [1.807, 2.05) is 6.08 Å². The molecule has 0 aliphatic heterocycles. The lowest BCUT2D eigenvalue weighted by Crippen LogP contribution is -2.45. The van der Waals surface area contributed by atoms with Crippen LogP contribution in [0, 0.1) is 0 Å². The molecule has 0 aromatic rings. The smallest absolute Gasteiger partial charge is 0.220 e. The number of hydrogen-bond donors (Lipinski definition) is 3. The summed E-state index contributed by atoms with van der Waals surface area (Å²) in [4.78, 5) is 12.4. The van der Waals surface area contributed by atoms with Gasteiger partial charge in [-0.05, 0) is 57.8 Å². The van der Waals surface area contributed by atoms with Crippen LogP contribution >= 0.6 is 0 Å². The average molecular weight is 744 g/mol. The molecule has 0 aliphatic carbocycles. The number of amides is 1. The van der Waals surface area contributed by atoms with E-state index in [1.54, 1.807) is 6.08 Å². The average Bonchev–Trinajstić information content (AvgIpc) is 3.16. The van der Waals surface area contributed by atoms with Gasteiger partial charge in [-0.3, -0.25) is 4.79 Å². The Labute approximate surface area is 331 Å². The summed E-state index contributed by atoms with van der Waals surface area (Å²) < 4.78 is 0. The number of carbonyl (C=O) groups is 1. The molecular formula is C49H93NO3. The van der Waals surface area contributed by atoms with Gasteiger partial charge in [0, 0.05) is 6.42 Å². The number of aliphatic hydroxyl groups excluding tert-OH is 2. The van der Waals surface area contributed by atoms with Gasteiger partial charge >= 0.3 is 0 Å². The highest BCUT2D eigenvalue weighted by Crippen LogP contribution is 2.15. The Balaban J connectivity index is 3.52. The summed E-state index contributed by atoms with van der Waals surface area (Å²) in [5, 5.41) is 23.0. The van der Waals surface area contributed by atoms with Crippen LogP contribution in [0.25, 0.3) is 0 Å². The van der Waals surface area contributed by atoms with Gasteiger partial charge in [-0.1, -0.05) is 224 Å². The number of nitrogens with one attached hydrogen (secondary N) is 1. The van der Waals surface area contributed by atoms with E-state index in [-0.39, 0.29) is 12.5 Å². The molecule has 0 aliphatic rings. The van der Waals surface area contributed by atoms with Crippen molar-refractivity contribution in [2.45, 2.75) is 264 Å². The Kier molecular flexibility index (Phi) is 43.8. The van der Waals surface area contributed by atoms with Crippen molar-refractivity contribution in [3.63, 3.8) is 0 Å². The maximum atomic E-state index is 12.4. The van der Waals surface area contributed by atoms with Gasteiger partial charge in [-0.15, -0.1) is 0 Å². The minimum absolute atomic E-state index is 0.0736. The monoisotopic (exact) mass is 744 g/mol. The molecule has 4 nitrogen and oxygen atoms in total. The zero-order valence-electron chi connectivity index (χ0n) is 35.8. The van der Waals surface area contributed by atoms with Gasteiger partial charge < -0.3 is 15.5 Å². The molecule has 4 heteroatoms. The number of carbonyl (C=O) groups excluding carboxylic acids is 1. The highest BCUT2D eigenvalue weighted by molar-refractivity contribution is 5.76. The van der Waals surface area contributed by atoms with Crippen LogP contribution in [0.15, 0.2) is 36.5 Å². The molecule has 2 unspecified atom stereocenters. The second-order valence-electron chi connectivity index (χ2n) is 16.2. The fourth-order valence-corrected chi connectivity index (χ4v) is 7.19. The third-order valence-corrected chi connectivity index (χ3v) is 10.8. The first-order valence-corrected chi connectivity index (χ1v) is 23.7. The fourth-order valence-electron chi connectivity index (χ4n) is 7.19. The summed E-state index contributed by atoms with van der Waals surface area (Å²) in [6.45, 7) is 4.30. The van der Waals surface area contributed by atoms with Crippen molar-refractivity contribution < 1.29 is 15.0 Å². The zero-order valence-corrected chi connectivity index (χ0v) is 35.8. The van der Waals surface area contributed by atoms with Crippen LogP contribution in [0.5, 0.6) is 0 Å². The van der Waals surface area contributed by atoms with Crippen molar-refractivity contribution in [3.8, 4) is 0 Å². The van der Waals surface area contributed by atoms with Gasteiger partial charge in [0.1, 0.15) is 0 Å². The Hall–Kier alpha value is -1.39. The van der Waals surface area contributed by atoms with Crippen molar-refractivity contribution in [1.82, 2.24) is 5.32 Å². The summed E-state index contributed by atoms with van der Waals surface area (Å²) in [7, 11) is 0. The lowest BCUT2D eigenvalue weighted by molar-refractivity contribution is -0.123. The van der Waals surface area contributed by atoms with Crippen molar-refractivity contribution in [3.05, 3.63) is 36.5 Å². The molecule has 0 saturated carbocycles. The molecule has 0 saturated heterocycles. The summed E-state index contributed by atoms with van der Waals surface area (Å²) in [6, 6.07) is -0.637. The number of rotatable bonds is 43. The lowest BCUT2D eigenvalue weighted by atomic mass is 10.0. The van der Waals surface area contributed by atoms with E-state index in [0.717, 1.165) is 32.1 Å². The van der Waals surface area contributed by atoms with Gasteiger partial charge in [-0.25, -0.2) is 0 Å². The predicted molar refractivity (Wildman–Crippen MR) is 235 cm³/mol. The molecule has 1 amide bonds. The largest absolute Gasteiger partial charge is 0.394 e. The zero-order chi connectivity index (χ0) is 38.6. The molecule has 0 spiro atoms. The number of unbranched alkanes of at least 4 members (excludes halogenated alkanes) is 32. The highest BCUT2D eigenvalue weighted by Gasteiger charge is 2.17. The first kappa shape index (κ1) is 51.6. The molecule has 0 rings (SSSR count). The highest BCUT2D eigenvalue weighted by atomic mass is 16.3. The van der Waals surface area contributed by atoms with E-state index in [9.17, 15) is 15.0 Å². The van der Waals surface area contributed by atoms with Gasteiger partial charge in [0.15, 0.2) is 0 Å². The second kappa shape index (κ2) is 45.0. The van der Waals surface area contributed by atoms with E-state index in [2.05, 4.69) is 43.5 Å². The molecule has 3 N–H and O–H groups in total. The molecule has 2 atom stereocenters. The molecule has 0 bridgehead atoms. The lowest BCUT2D eigenvalue weighted by Gasteiger charge is -2.19.